The molecule has 1 fully saturated rings. The molecule has 1 rings (SSSR count). The van der Waals surface area contributed by atoms with Gasteiger partial charge in [-0.25, -0.2) is 0 Å². The molecule has 0 saturated heterocycles. The Kier molecular flexibility index (Phi) is 6.37. The van der Waals surface area contributed by atoms with Gasteiger partial charge < -0.3 is 10.6 Å². The largest absolute Gasteiger partial charge is 0.330 e. The lowest BCUT2D eigenvalue weighted by Gasteiger charge is -2.31. The van der Waals surface area contributed by atoms with Crippen LogP contribution in [0.1, 0.15) is 46.0 Å². The molecule has 0 bridgehead atoms. The molecule has 2 N–H and O–H groups in total. The Balaban J connectivity index is 2.13. The Morgan fingerprint density at radius 1 is 1.12 bits per heavy atom. The summed E-state index contributed by atoms with van der Waals surface area (Å²) in [5.74, 6) is 2.58. The first-order valence-electron chi connectivity index (χ1n) is 7.00. The normalized spacial score (nSPS) is 26.6. The van der Waals surface area contributed by atoms with E-state index in [2.05, 4.69) is 25.8 Å². The van der Waals surface area contributed by atoms with E-state index >= 15 is 0 Å². The average Bonchev–Trinajstić information content (AvgIpc) is 2.27. The van der Waals surface area contributed by atoms with Crippen LogP contribution >= 0.6 is 0 Å². The Hall–Kier alpha value is -0.0800. The smallest absolute Gasteiger partial charge is 0.000661 e. The highest BCUT2D eigenvalue weighted by molar-refractivity contribution is 4.75. The van der Waals surface area contributed by atoms with Crippen molar-refractivity contribution in [3.8, 4) is 0 Å². The van der Waals surface area contributed by atoms with Gasteiger partial charge in [0.25, 0.3) is 0 Å². The van der Waals surface area contributed by atoms with E-state index < -0.39 is 0 Å². The van der Waals surface area contributed by atoms with Crippen LogP contribution in [0.5, 0.6) is 0 Å². The number of hydrogen-bond acceptors (Lipinski definition) is 2. The zero-order valence-electron chi connectivity index (χ0n) is 11.4. The van der Waals surface area contributed by atoms with Gasteiger partial charge in [-0.05, 0) is 70.0 Å². The van der Waals surface area contributed by atoms with Crippen LogP contribution in [0.3, 0.4) is 0 Å². The fourth-order valence-electron chi connectivity index (χ4n) is 2.66. The molecular formula is C14H30N2. The summed E-state index contributed by atoms with van der Waals surface area (Å²) in [7, 11) is 2.28. The molecule has 0 aromatic heterocycles. The van der Waals surface area contributed by atoms with Crippen LogP contribution in [0.15, 0.2) is 0 Å². The van der Waals surface area contributed by atoms with Crippen LogP contribution in [0.25, 0.3) is 0 Å². The van der Waals surface area contributed by atoms with Gasteiger partial charge in [-0.1, -0.05) is 13.8 Å². The maximum Gasteiger partial charge on any atom is 0.000661 e. The Morgan fingerprint density at radius 3 is 2.19 bits per heavy atom. The van der Waals surface area contributed by atoms with Crippen molar-refractivity contribution < 1.29 is 0 Å². The summed E-state index contributed by atoms with van der Waals surface area (Å²) in [6.07, 6.45) is 6.84. The van der Waals surface area contributed by atoms with E-state index in [0.29, 0.717) is 0 Å². The van der Waals surface area contributed by atoms with Crippen molar-refractivity contribution in [2.24, 2.45) is 23.5 Å². The highest BCUT2D eigenvalue weighted by Crippen LogP contribution is 2.28. The molecular weight excluding hydrogens is 196 g/mol. The monoisotopic (exact) mass is 226 g/mol. The Bertz CT molecular complexity index is 172. The lowest BCUT2D eigenvalue weighted by atomic mass is 9.82. The number of nitrogens with two attached hydrogens (primary N) is 1. The SMILES string of the molecule is CC(C)CCN(C)CC1CCC(CN)CC1. The lowest BCUT2D eigenvalue weighted by Crippen LogP contribution is -2.31. The molecule has 0 aliphatic heterocycles. The molecule has 0 heterocycles. The molecule has 0 aromatic rings. The third-order valence-electron chi connectivity index (χ3n) is 3.96. The lowest BCUT2D eigenvalue weighted by molar-refractivity contribution is 0.200. The highest BCUT2D eigenvalue weighted by atomic mass is 15.1. The number of hydrogen-bond donors (Lipinski definition) is 1. The average molecular weight is 226 g/mol. The molecule has 1 saturated carbocycles. The first-order chi connectivity index (χ1) is 7.61. The van der Waals surface area contributed by atoms with Crippen molar-refractivity contribution >= 4 is 0 Å². The molecule has 2 nitrogen and oxygen atoms in total. The third-order valence-corrected chi connectivity index (χ3v) is 3.96. The van der Waals surface area contributed by atoms with E-state index in [-0.39, 0.29) is 0 Å². The summed E-state index contributed by atoms with van der Waals surface area (Å²) in [6.45, 7) is 8.06. The molecule has 0 amide bonds. The van der Waals surface area contributed by atoms with Crippen molar-refractivity contribution in [1.29, 1.82) is 0 Å². The van der Waals surface area contributed by atoms with Gasteiger partial charge in [-0.3, -0.25) is 0 Å². The summed E-state index contributed by atoms with van der Waals surface area (Å²) < 4.78 is 0. The fraction of sp³-hybridized carbons (Fsp3) is 1.00. The van der Waals surface area contributed by atoms with Gasteiger partial charge >= 0.3 is 0 Å². The van der Waals surface area contributed by atoms with Gasteiger partial charge in [0.15, 0.2) is 0 Å². The van der Waals surface area contributed by atoms with Crippen molar-refractivity contribution in [1.82, 2.24) is 4.90 Å². The first-order valence-corrected chi connectivity index (χ1v) is 7.00. The van der Waals surface area contributed by atoms with E-state index in [1.165, 1.54) is 45.2 Å². The van der Waals surface area contributed by atoms with Crippen LogP contribution in [0, 0.1) is 17.8 Å². The van der Waals surface area contributed by atoms with Gasteiger partial charge in [0.05, 0.1) is 0 Å². The number of nitrogens with zero attached hydrogens (tertiary/aromatic N) is 1. The third kappa shape index (κ3) is 5.31. The standard InChI is InChI=1S/C14H30N2/c1-12(2)8-9-16(3)11-14-6-4-13(10-15)5-7-14/h12-14H,4-11,15H2,1-3H3. The minimum atomic E-state index is 0.817. The van der Waals surface area contributed by atoms with Crippen LogP contribution in [0.4, 0.5) is 0 Å². The maximum absolute atomic E-state index is 5.72. The Morgan fingerprint density at radius 2 is 1.69 bits per heavy atom. The van der Waals surface area contributed by atoms with E-state index in [1.54, 1.807) is 0 Å². The summed E-state index contributed by atoms with van der Waals surface area (Å²) in [4.78, 5) is 2.52. The van der Waals surface area contributed by atoms with E-state index in [0.717, 1.165) is 24.3 Å². The molecule has 96 valence electrons. The molecule has 0 radical (unpaired) electrons. The minimum Gasteiger partial charge on any atom is -0.330 e. The number of rotatable bonds is 6. The van der Waals surface area contributed by atoms with E-state index in [9.17, 15) is 0 Å². The van der Waals surface area contributed by atoms with Crippen molar-refractivity contribution in [3.05, 3.63) is 0 Å². The van der Waals surface area contributed by atoms with Gasteiger partial charge in [0.2, 0.25) is 0 Å². The topological polar surface area (TPSA) is 29.3 Å². The fourth-order valence-corrected chi connectivity index (χ4v) is 2.66. The molecule has 0 aromatic carbocycles. The van der Waals surface area contributed by atoms with Gasteiger partial charge in [-0.2, -0.15) is 0 Å². The molecule has 2 heteroatoms. The van der Waals surface area contributed by atoms with Gasteiger partial charge in [0, 0.05) is 6.54 Å². The second kappa shape index (κ2) is 7.29. The van der Waals surface area contributed by atoms with E-state index in [4.69, 9.17) is 5.73 Å². The molecule has 16 heavy (non-hydrogen) atoms. The van der Waals surface area contributed by atoms with Crippen LogP contribution < -0.4 is 5.73 Å². The quantitative estimate of drug-likeness (QED) is 0.754. The zero-order chi connectivity index (χ0) is 12.0. The van der Waals surface area contributed by atoms with Crippen LogP contribution in [-0.4, -0.2) is 31.6 Å². The second-order valence-electron chi connectivity index (χ2n) is 6.07. The Labute approximate surface area is 102 Å². The first kappa shape index (κ1) is 14.0. The van der Waals surface area contributed by atoms with E-state index in [1.807, 2.05) is 0 Å². The van der Waals surface area contributed by atoms with Crippen molar-refractivity contribution in [3.63, 3.8) is 0 Å². The molecule has 0 unspecified atom stereocenters. The second-order valence-corrected chi connectivity index (χ2v) is 6.07. The maximum atomic E-state index is 5.72. The minimum absolute atomic E-state index is 0.817. The summed E-state index contributed by atoms with van der Waals surface area (Å²) in [5, 5.41) is 0. The molecule has 1 aliphatic rings. The molecule has 0 spiro atoms. The summed E-state index contributed by atoms with van der Waals surface area (Å²) in [5.41, 5.74) is 5.72. The predicted molar refractivity (Wildman–Crippen MR) is 71.5 cm³/mol. The summed E-state index contributed by atoms with van der Waals surface area (Å²) >= 11 is 0. The highest BCUT2D eigenvalue weighted by Gasteiger charge is 2.20. The molecule has 0 atom stereocenters. The summed E-state index contributed by atoms with van der Waals surface area (Å²) in [6, 6.07) is 0. The van der Waals surface area contributed by atoms with Crippen molar-refractivity contribution in [2.75, 3.05) is 26.7 Å². The van der Waals surface area contributed by atoms with Gasteiger partial charge in [-0.15, -0.1) is 0 Å². The van der Waals surface area contributed by atoms with Crippen LogP contribution in [-0.2, 0) is 0 Å². The van der Waals surface area contributed by atoms with Crippen LogP contribution in [0.2, 0.25) is 0 Å². The molecule has 1 aliphatic carbocycles. The van der Waals surface area contributed by atoms with Crippen molar-refractivity contribution in [2.45, 2.75) is 46.0 Å². The zero-order valence-corrected chi connectivity index (χ0v) is 11.4. The van der Waals surface area contributed by atoms with Gasteiger partial charge in [0.1, 0.15) is 0 Å². The predicted octanol–water partition coefficient (Wildman–Crippen LogP) is 2.73.